The molecule has 1 rings (SSSR count). The van der Waals surface area contributed by atoms with Crippen molar-refractivity contribution in [2.24, 2.45) is 0 Å². The standard InChI is InChI=1S/C10H18N2O3/c1-15-10(14)11-9(13)8-12-6-4-2-3-5-7-12/h2-8H2,1H3,(H,11,13,14)/p+1. The van der Waals surface area contributed by atoms with Gasteiger partial charge in [0.25, 0.3) is 5.91 Å². The molecule has 0 aliphatic carbocycles. The Bertz CT molecular complexity index is 223. The minimum absolute atomic E-state index is 0.251. The number of nitrogens with one attached hydrogen (secondary N) is 2. The number of ether oxygens (including phenoxy) is 1. The van der Waals surface area contributed by atoms with Crippen molar-refractivity contribution in [3.63, 3.8) is 0 Å². The lowest BCUT2D eigenvalue weighted by molar-refractivity contribution is -0.891. The average molecular weight is 215 g/mol. The molecule has 0 spiro atoms. The van der Waals surface area contributed by atoms with E-state index in [1.54, 1.807) is 0 Å². The van der Waals surface area contributed by atoms with Gasteiger partial charge in [0.05, 0.1) is 20.2 Å². The van der Waals surface area contributed by atoms with Crippen molar-refractivity contribution in [1.29, 1.82) is 0 Å². The van der Waals surface area contributed by atoms with Gasteiger partial charge in [0, 0.05) is 0 Å². The fourth-order valence-electron chi connectivity index (χ4n) is 1.84. The third-order valence-corrected chi connectivity index (χ3v) is 2.65. The fourth-order valence-corrected chi connectivity index (χ4v) is 1.84. The monoisotopic (exact) mass is 215 g/mol. The number of hydrogen-bond donors (Lipinski definition) is 2. The molecule has 0 aromatic carbocycles. The lowest BCUT2D eigenvalue weighted by Crippen LogP contribution is -3.13. The molecular formula is C10H19N2O3+. The summed E-state index contributed by atoms with van der Waals surface area (Å²) < 4.78 is 4.35. The van der Waals surface area contributed by atoms with Crippen LogP contribution in [0.25, 0.3) is 0 Å². The Balaban J connectivity index is 2.26. The van der Waals surface area contributed by atoms with Crippen LogP contribution in [0.15, 0.2) is 0 Å². The maximum atomic E-state index is 11.4. The van der Waals surface area contributed by atoms with Crippen LogP contribution in [0.5, 0.6) is 0 Å². The third-order valence-electron chi connectivity index (χ3n) is 2.65. The molecule has 1 aliphatic heterocycles. The Morgan fingerprint density at radius 1 is 1.20 bits per heavy atom. The highest BCUT2D eigenvalue weighted by Gasteiger charge is 2.17. The number of likely N-dealkylation sites (tertiary alicyclic amines) is 1. The quantitative estimate of drug-likeness (QED) is 0.642. The van der Waals surface area contributed by atoms with Crippen molar-refractivity contribution >= 4 is 12.0 Å². The first-order valence-corrected chi connectivity index (χ1v) is 5.43. The molecule has 0 atom stereocenters. The highest BCUT2D eigenvalue weighted by molar-refractivity contribution is 5.92. The smallest absolute Gasteiger partial charge is 0.413 e. The van der Waals surface area contributed by atoms with E-state index in [0.717, 1.165) is 13.1 Å². The summed E-state index contributed by atoms with van der Waals surface area (Å²) in [4.78, 5) is 23.4. The number of alkyl carbamates (subject to hydrolysis) is 1. The highest BCUT2D eigenvalue weighted by Crippen LogP contribution is 1.98. The maximum Gasteiger partial charge on any atom is 0.413 e. The molecular weight excluding hydrogens is 196 g/mol. The number of carbonyl (C=O) groups is 2. The van der Waals surface area contributed by atoms with Gasteiger partial charge in [-0.2, -0.15) is 0 Å². The fraction of sp³-hybridized carbons (Fsp3) is 0.800. The van der Waals surface area contributed by atoms with Gasteiger partial charge < -0.3 is 9.64 Å². The summed E-state index contributed by atoms with van der Waals surface area (Å²) in [6.07, 6.45) is 4.17. The summed E-state index contributed by atoms with van der Waals surface area (Å²) in [7, 11) is 1.25. The molecule has 1 heterocycles. The minimum Gasteiger partial charge on any atom is -0.453 e. The Kier molecular flexibility index (Phi) is 5.10. The molecule has 0 aromatic rings. The number of imide groups is 1. The van der Waals surface area contributed by atoms with Gasteiger partial charge in [-0.05, 0) is 25.7 Å². The summed E-state index contributed by atoms with van der Waals surface area (Å²) in [6.45, 7) is 2.41. The molecule has 86 valence electrons. The van der Waals surface area contributed by atoms with E-state index in [1.807, 2.05) is 0 Å². The van der Waals surface area contributed by atoms with Gasteiger partial charge in [-0.3, -0.25) is 10.1 Å². The molecule has 2 amide bonds. The summed E-state index contributed by atoms with van der Waals surface area (Å²) in [5, 5.41) is 2.18. The third kappa shape index (κ3) is 4.78. The van der Waals surface area contributed by atoms with E-state index in [9.17, 15) is 9.59 Å². The molecule has 2 N–H and O–H groups in total. The normalized spacial score (nSPS) is 17.9. The largest absolute Gasteiger partial charge is 0.453 e. The van der Waals surface area contributed by atoms with Gasteiger partial charge >= 0.3 is 6.09 Å². The Morgan fingerprint density at radius 2 is 1.80 bits per heavy atom. The second-order valence-corrected chi connectivity index (χ2v) is 3.88. The van der Waals surface area contributed by atoms with Crippen LogP contribution in [0, 0.1) is 0 Å². The Hall–Kier alpha value is -1.10. The number of carbonyl (C=O) groups excluding carboxylic acids is 2. The second-order valence-electron chi connectivity index (χ2n) is 3.88. The number of amides is 2. The average Bonchev–Trinajstić information content (AvgIpc) is 2.46. The second kappa shape index (κ2) is 6.40. The molecule has 0 radical (unpaired) electrons. The van der Waals surface area contributed by atoms with Crippen molar-refractivity contribution in [3.05, 3.63) is 0 Å². The van der Waals surface area contributed by atoms with E-state index in [1.165, 1.54) is 37.7 Å². The van der Waals surface area contributed by atoms with Crippen LogP contribution in [0.1, 0.15) is 25.7 Å². The van der Waals surface area contributed by atoms with E-state index in [-0.39, 0.29) is 5.91 Å². The molecule has 0 aromatic heterocycles. The van der Waals surface area contributed by atoms with Crippen LogP contribution in [0.4, 0.5) is 4.79 Å². The predicted octanol–water partition coefficient (Wildman–Crippen LogP) is -0.672. The Morgan fingerprint density at radius 3 is 2.33 bits per heavy atom. The van der Waals surface area contributed by atoms with E-state index in [4.69, 9.17) is 0 Å². The lowest BCUT2D eigenvalue weighted by atomic mass is 10.2. The molecule has 15 heavy (non-hydrogen) atoms. The predicted molar refractivity (Wildman–Crippen MR) is 54.6 cm³/mol. The van der Waals surface area contributed by atoms with E-state index < -0.39 is 6.09 Å². The van der Waals surface area contributed by atoms with Gasteiger partial charge in [-0.15, -0.1) is 0 Å². The van der Waals surface area contributed by atoms with Crippen LogP contribution in [0.2, 0.25) is 0 Å². The number of hydrogen-bond acceptors (Lipinski definition) is 3. The van der Waals surface area contributed by atoms with E-state index in [0.29, 0.717) is 6.54 Å². The summed E-state index contributed by atoms with van der Waals surface area (Å²) in [5.41, 5.74) is 0. The first-order chi connectivity index (χ1) is 7.22. The van der Waals surface area contributed by atoms with Crippen molar-refractivity contribution in [3.8, 4) is 0 Å². The summed E-state index contributed by atoms with van der Waals surface area (Å²) in [6, 6.07) is 0. The van der Waals surface area contributed by atoms with Crippen molar-refractivity contribution in [2.75, 3.05) is 26.7 Å². The number of quaternary nitrogens is 1. The zero-order chi connectivity index (χ0) is 11.1. The lowest BCUT2D eigenvalue weighted by Gasteiger charge is -2.15. The van der Waals surface area contributed by atoms with Crippen LogP contribution in [-0.2, 0) is 9.53 Å². The molecule has 5 nitrogen and oxygen atoms in total. The van der Waals surface area contributed by atoms with Crippen LogP contribution in [-0.4, -0.2) is 38.7 Å². The molecule has 0 saturated carbocycles. The first kappa shape index (κ1) is 12.0. The zero-order valence-corrected chi connectivity index (χ0v) is 9.17. The van der Waals surface area contributed by atoms with E-state index >= 15 is 0 Å². The number of rotatable bonds is 2. The summed E-state index contributed by atoms with van der Waals surface area (Å²) >= 11 is 0. The van der Waals surface area contributed by atoms with Gasteiger partial charge in [-0.25, -0.2) is 4.79 Å². The van der Waals surface area contributed by atoms with Crippen molar-refractivity contribution < 1.29 is 19.2 Å². The van der Waals surface area contributed by atoms with Crippen LogP contribution in [0.3, 0.4) is 0 Å². The molecule has 1 saturated heterocycles. The van der Waals surface area contributed by atoms with Crippen LogP contribution < -0.4 is 10.2 Å². The SMILES string of the molecule is COC(=O)NC(=O)C[NH+]1CCCCCC1. The highest BCUT2D eigenvalue weighted by atomic mass is 16.5. The Labute approximate surface area is 89.8 Å². The summed E-state index contributed by atoms with van der Waals surface area (Å²) in [5.74, 6) is -0.251. The topological polar surface area (TPSA) is 59.8 Å². The van der Waals surface area contributed by atoms with Crippen molar-refractivity contribution in [1.82, 2.24) is 5.32 Å². The van der Waals surface area contributed by atoms with Gasteiger partial charge in [-0.1, -0.05) is 0 Å². The van der Waals surface area contributed by atoms with Gasteiger partial charge in [0.15, 0.2) is 6.54 Å². The van der Waals surface area contributed by atoms with Crippen LogP contribution >= 0.6 is 0 Å². The maximum absolute atomic E-state index is 11.4. The van der Waals surface area contributed by atoms with E-state index in [2.05, 4.69) is 10.1 Å². The molecule has 0 bridgehead atoms. The zero-order valence-electron chi connectivity index (χ0n) is 9.17. The van der Waals surface area contributed by atoms with Gasteiger partial charge in [0.2, 0.25) is 0 Å². The number of methoxy groups -OCH3 is 1. The first-order valence-electron chi connectivity index (χ1n) is 5.43. The van der Waals surface area contributed by atoms with Crippen molar-refractivity contribution in [2.45, 2.75) is 25.7 Å². The minimum atomic E-state index is -0.672. The molecule has 1 aliphatic rings. The molecule has 0 unspecified atom stereocenters. The van der Waals surface area contributed by atoms with Gasteiger partial charge in [0.1, 0.15) is 0 Å². The molecule has 1 fully saturated rings. The molecule has 5 heteroatoms.